The molecule has 0 atom stereocenters. The van der Waals surface area contributed by atoms with Gasteiger partial charge in [-0.15, -0.1) is 0 Å². The van der Waals surface area contributed by atoms with E-state index in [0.717, 1.165) is 6.54 Å². The fraction of sp³-hybridized carbons (Fsp3) is 0.400. The molecule has 0 aromatic heterocycles. The number of benzene rings is 1. The van der Waals surface area contributed by atoms with Gasteiger partial charge in [0.15, 0.2) is 0 Å². The van der Waals surface area contributed by atoms with Crippen LogP contribution in [0.25, 0.3) is 0 Å². The zero-order valence-electron chi connectivity index (χ0n) is 12.9. The number of rotatable bonds is 7. The number of carbonyl (C=O) groups excluding carboxylic acids is 3. The number of esters is 2. The van der Waals surface area contributed by atoms with E-state index in [-0.39, 0.29) is 17.0 Å². The van der Waals surface area contributed by atoms with Crippen LogP contribution in [0.2, 0.25) is 0 Å². The minimum absolute atomic E-state index is 0.163. The monoisotopic (exact) mass is 308 g/mol. The van der Waals surface area contributed by atoms with Crippen molar-refractivity contribution in [3.05, 3.63) is 29.3 Å². The molecule has 1 amide bonds. The van der Waals surface area contributed by atoms with Crippen molar-refractivity contribution in [2.75, 3.05) is 33.1 Å². The molecule has 1 rings (SSSR count). The maximum absolute atomic E-state index is 11.8. The molecular formula is C15H20N2O5. The standard InChI is InChI=1S/C15H20N2O5/c1-16-6-4-5-13(18)17-12-8-10(14(19)21-2)7-11(9-12)15(20)22-3/h7-9,16H,4-6H2,1-3H3,(H,17,18). The average molecular weight is 308 g/mol. The van der Waals surface area contributed by atoms with E-state index in [2.05, 4.69) is 20.1 Å². The van der Waals surface area contributed by atoms with Gasteiger partial charge in [0.2, 0.25) is 5.91 Å². The maximum atomic E-state index is 11.8. The second-order valence-electron chi connectivity index (χ2n) is 4.54. The van der Waals surface area contributed by atoms with E-state index in [4.69, 9.17) is 0 Å². The molecule has 0 radical (unpaired) electrons. The topological polar surface area (TPSA) is 93.7 Å². The number of hydrogen-bond donors (Lipinski definition) is 2. The molecule has 0 fully saturated rings. The normalized spacial score (nSPS) is 9.95. The molecule has 0 aliphatic rings. The molecule has 0 aliphatic heterocycles. The Balaban J connectivity index is 2.95. The molecule has 0 aliphatic carbocycles. The Morgan fingerprint density at radius 2 is 1.55 bits per heavy atom. The number of methoxy groups -OCH3 is 2. The lowest BCUT2D eigenvalue weighted by Gasteiger charge is -2.09. The zero-order chi connectivity index (χ0) is 16.5. The van der Waals surface area contributed by atoms with Crippen molar-refractivity contribution in [1.82, 2.24) is 5.32 Å². The molecule has 22 heavy (non-hydrogen) atoms. The van der Waals surface area contributed by atoms with Crippen LogP contribution in [-0.4, -0.2) is 45.7 Å². The Kier molecular flexibility index (Phi) is 7.04. The SMILES string of the molecule is CNCCCC(=O)Nc1cc(C(=O)OC)cc(C(=O)OC)c1. The third-order valence-electron chi connectivity index (χ3n) is 2.89. The first-order chi connectivity index (χ1) is 10.5. The van der Waals surface area contributed by atoms with E-state index in [0.29, 0.717) is 18.5 Å². The summed E-state index contributed by atoms with van der Waals surface area (Å²) in [6.45, 7) is 0.725. The summed E-state index contributed by atoms with van der Waals surface area (Å²) in [6, 6.07) is 4.26. The quantitative estimate of drug-likeness (QED) is 0.580. The number of nitrogens with one attached hydrogen (secondary N) is 2. The smallest absolute Gasteiger partial charge is 0.337 e. The molecule has 7 nitrogen and oxygen atoms in total. The highest BCUT2D eigenvalue weighted by molar-refractivity contribution is 5.99. The van der Waals surface area contributed by atoms with Crippen molar-refractivity contribution in [3.8, 4) is 0 Å². The van der Waals surface area contributed by atoms with Crippen molar-refractivity contribution < 1.29 is 23.9 Å². The van der Waals surface area contributed by atoms with Gasteiger partial charge in [0, 0.05) is 12.1 Å². The number of hydrogen-bond acceptors (Lipinski definition) is 6. The Bertz CT molecular complexity index is 523. The zero-order valence-corrected chi connectivity index (χ0v) is 12.9. The van der Waals surface area contributed by atoms with Gasteiger partial charge < -0.3 is 20.1 Å². The fourth-order valence-electron chi connectivity index (χ4n) is 1.82. The summed E-state index contributed by atoms with van der Waals surface area (Å²) in [5, 5.41) is 5.61. The summed E-state index contributed by atoms with van der Waals surface area (Å²) < 4.78 is 9.26. The van der Waals surface area contributed by atoms with Crippen LogP contribution in [0.1, 0.15) is 33.6 Å². The van der Waals surface area contributed by atoms with Crippen LogP contribution in [0.3, 0.4) is 0 Å². The second kappa shape index (κ2) is 8.78. The lowest BCUT2D eigenvalue weighted by atomic mass is 10.1. The Morgan fingerprint density at radius 3 is 2.00 bits per heavy atom. The highest BCUT2D eigenvalue weighted by Gasteiger charge is 2.14. The van der Waals surface area contributed by atoms with Crippen molar-refractivity contribution >= 4 is 23.5 Å². The average Bonchev–Trinajstić information content (AvgIpc) is 2.53. The largest absolute Gasteiger partial charge is 0.465 e. The number of anilines is 1. The van der Waals surface area contributed by atoms with Gasteiger partial charge >= 0.3 is 11.9 Å². The fourth-order valence-corrected chi connectivity index (χ4v) is 1.82. The molecule has 0 saturated heterocycles. The molecule has 0 bridgehead atoms. The van der Waals surface area contributed by atoms with Gasteiger partial charge in [0.25, 0.3) is 0 Å². The van der Waals surface area contributed by atoms with Crippen LogP contribution in [0.15, 0.2) is 18.2 Å². The van der Waals surface area contributed by atoms with Crippen LogP contribution in [0.5, 0.6) is 0 Å². The number of ether oxygens (including phenoxy) is 2. The predicted molar refractivity (Wildman–Crippen MR) is 80.9 cm³/mol. The van der Waals surface area contributed by atoms with E-state index in [1.54, 1.807) is 7.05 Å². The summed E-state index contributed by atoms with van der Waals surface area (Å²) in [7, 11) is 4.28. The minimum atomic E-state index is -0.601. The highest BCUT2D eigenvalue weighted by Crippen LogP contribution is 2.17. The third kappa shape index (κ3) is 5.17. The molecule has 1 aromatic rings. The van der Waals surface area contributed by atoms with Gasteiger partial charge in [-0.3, -0.25) is 4.79 Å². The first-order valence-corrected chi connectivity index (χ1v) is 6.78. The van der Waals surface area contributed by atoms with E-state index in [1.165, 1.54) is 32.4 Å². The highest BCUT2D eigenvalue weighted by atomic mass is 16.5. The summed E-state index contributed by atoms with van der Waals surface area (Å²) in [5.74, 6) is -1.40. The van der Waals surface area contributed by atoms with Gasteiger partial charge in [0.05, 0.1) is 25.3 Å². The van der Waals surface area contributed by atoms with Crippen molar-refractivity contribution in [1.29, 1.82) is 0 Å². The van der Waals surface area contributed by atoms with Gasteiger partial charge in [-0.2, -0.15) is 0 Å². The molecule has 0 spiro atoms. The first-order valence-electron chi connectivity index (χ1n) is 6.78. The number of carbonyl (C=O) groups is 3. The van der Waals surface area contributed by atoms with Crippen LogP contribution in [0, 0.1) is 0 Å². The van der Waals surface area contributed by atoms with Crippen molar-refractivity contribution in [3.63, 3.8) is 0 Å². The van der Waals surface area contributed by atoms with E-state index < -0.39 is 11.9 Å². The van der Waals surface area contributed by atoms with Crippen molar-refractivity contribution in [2.24, 2.45) is 0 Å². The van der Waals surface area contributed by atoms with Gasteiger partial charge in [-0.1, -0.05) is 0 Å². The minimum Gasteiger partial charge on any atom is -0.465 e. The molecule has 7 heteroatoms. The van der Waals surface area contributed by atoms with Gasteiger partial charge in [0.1, 0.15) is 0 Å². The Hall–Kier alpha value is -2.41. The molecular weight excluding hydrogens is 288 g/mol. The Morgan fingerprint density at radius 1 is 1.00 bits per heavy atom. The third-order valence-corrected chi connectivity index (χ3v) is 2.89. The molecule has 2 N–H and O–H groups in total. The summed E-state index contributed by atoms with van der Waals surface area (Å²) in [5.41, 5.74) is 0.671. The summed E-state index contributed by atoms with van der Waals surface area (Å²) in [6.07, 6.45) is 1.01. The Labute approximate surface area is 129 Å². The van der Waals surface area contributed by atoms with E-state index in [1.807, 2.05) is 0 Å². The molecule has 0 saturated carbocycles. The summed E-state index contributed by atoms with van der Waals surface area (Å²) >= 11 is 0. The van der Waals surface area contributed by atoms with Gasteiger partial charge in [-0.25, -0.2) is 9.59 Å². The molecule has 0 unspecified atom stereocenters. The van der Waals surface area contributed by atoms with Crippen LogP contribution < -0.4 is 10.6 Å². The van der Waals surface area contributed by atoms with Crippen LogP contribution in [-0.2, 0) is 14.3 Å². The van der Waals surface area contributed by atoms with Gasteiger partial charge in [-0.05, 0) is 38.2 Å². The lowest BCUT2D eigenvalue weighted by molar-refractivity contribution is -0.116. The van der Waals surface area contributed by atoms with E-state index in [9.17, 15) is 14.4 Å². The molecule has 120 valence electrons. The van der Waals surface area contributed by atoms with E-state index >= 15 is 0 Å². The molecule has 0 heterocycles. The predicted octanol–water partition coefficient (Wildman–Crippen LogP) is 1.20. The summed E-state index contributed by atoms with van der Waals surface area (Å²) in [4.78, 5) is 35.1. The van der Waals surface area contributed by atoms with Crippen LogP contribution >= 0.6 is 0 Å². The van der Waals surface area contributed by atoms with Crippen molar-refractivity contribution in [2.45, 2.75) is 12.8 Å². The maximum Gasteiger partial charge on any atom is 0.337 e. The second-order valence-corrected chi connectivity index (χ2v) is 4.54. The first kappa shape index (κ1) is 17.6. The lowest BCUT2D eigenvalue weighted by Crippen LogP contribution is -2.16. The number of amides is 1. The van der Waals surface area contributed by atoms with Crippen LogP contribution in [0.4, 0.5) is 5.69 Å². The molecule has 1 aromatic carbocycles.